The zero-order chi connectivity index (χ0) is 13.1. The van der Waals surface area contributed by atoms with Gasteiger partial charge < -0.3 is 10.6 Å². The summed E-state index contributed by atoms with van der Waals surface area (Å²) in [6.07, 6.45) is 8.92. The second-order valence-corrected chi connectivity index (χ2v) is 4.68. The molecular weight excluding hydrogens is 240 g/mol. The molecule has 1 unspecified atom stereocenters. The summed E-state index contributed by atoms with van der Waals surface area (Å²) in [5.74, 6) is 0.721. The molecule has 0 radical (unpaired) electrons. The lowest BCUT2D eigenvalue weighted by atomic mass is 10.1. The average molecular weight is 256 g/mol. The minimum atomic E-state index is 0.206. The molecule has 19 heavy (non-hydrogen) atoms. The fourth-order valence-corrected chi connectivity index (χ4v) is 2.27. The van der Waals surface area contributed by atoms with Crippen molar-refractivity contribution < 1.29 is 0 Å². The number of piperidine rings is 1. The van der Waals surface area contributed by atoms with Gasteiger partial charge in [0.2, 0.25) is 5.95 Å². The van der Waals surface area contributed by atoms with E-state index >= 15 is 0 Å². The number of aromatic nitrogens is 4. The van der Waals surface area contributed by atoms with Crippen LogP contribution in [0.5, 0.6) is 0 Å². The first kappa shape index (κ1) is 12.0. The number of hydrogen-bond acceptors (Lipinski definition) is 6. The lowest BCUT2D eigenvalue weighted by molar-refractivity contribution is 0.500. The Bertz CT molecular complexity index is 544. The quantitative estimate of drug-likeness (QED) is 0.858. The van der Waals surface area contributed by atoms with E-state index in [1.54, 1.807) is 24.8 Å². The van der Waals surface area contributed by atoms with Gasteiger partial charge in [-0.1, -0.05) is 0 Å². The van der Waals surface area contributed by atoms with E-state index in [1.807, 2.05) is 6.07 Å². The highest BCUT2D eigenvalue weighted by Crippen LogP contribution is 2.18. The summed E-state index contributed by atoms with van der Waals surface area (Å²) in [5.41, 5.74) is 7.54. The Hall–Kier alpha value is -2.08. The van der Waals surface area contributed by atoms with Gasteiger partial charge in [-0.2, -0.15) is 0 Å². The molecule has 1 atom stereocenters. The smallest absolute Gasteiger partial charge is 0.225 e. The van der Waals surface area contributed by atoms with Crippen LogP contribution in [0.15, 0.2) is 30.9 Å². The Morgan fingerprint density at radius 1 is 1.16 bits per heavy atom. The number of hydrogen-bond donors (Lipinski definition) is 1. The second kappa shape index (κ2) is 5.27. The first-order chi connectivity index (χ1) is 9.33. The van der Waals surface area contributed by atoms with E-state index in [0.717, 1.165) is 43.3 Å². The van der Waals surface area contributed by atoms with E-state index in [1.165, 1.54) is 0 Å². The molecule has 1 aliphatic rings. The number of nitrogens with zero attached hydrogens (tertiary/aromatic N) is 5. The molecule has 3 rings (SSSR count). The summed E-state index contributed by atoms with van der Waals surface area (Å²) in [6, 6.07) is 2.05. The summed E-state index contributed by atoms with van der Waals surface area (Å²) >= 11 is 0. The minimum absolute atomic E-state index is 0.206. The number of nitrogens with two attached hydrogens (primary N) is 1. The van der Waals surface area contributed by atoms with Crippen molar-refractivity contribution in [1.82, 2.24) is 19.9 Å². The van der Waals surface area contributed by atoms with Crippen LogP contribution in [-0.4, -0.2) is 39.1 Å². The third kappa shape index (κ3) is 2.68. The maximum absolute atomic E-state index is 5.99. The SMILES string of the molecule is NC1CCCN(c2nccc(-c3cnccn3)n2)C1. The van der Waals surface area contributed by atoms with Crippen molar-refractivity contribution in [3.8, 4) is 11.4 Å². The Morgan fingerprint density at radius 3 is 2.89 bits per heavy atom. The Kier molecular flexibility index (Phi) is 3.33. The third-order valence-corrected chi connectivity index (χ3v) is 3.21. The van der Waals surface area contributed by atoms with Crippen LogP contribution in [0.3, 0.4) is 0 Å². The van der Waals surface area contributed by atoms with Crippen molar-refractivity contribution in [3.05, 3.63) is 30.9 Å². The largest absolute Gasteiger partial charge is 0.339 e. The molecule has 0 amide bonds. The minimum Gasteiger partial charge on any atom is -0.339 e. The molecular formula is C13H16N6. The molecule has 3 heterocycles. The van der Waals surface area contributed by atoms with Crippen molar-refractivity contribution in [2.75, 3.05) is 18.0 Å². The fourth-order valence-electron chi connectivity index (χ4n) is 2.27. The molecule has 1 aliphatic heterocycles. The maximum Gasteiger partial charge on any atom is 0.225 e. The Labute approximate surface area is 111 Å². The van der Waals surface area contributed by atoms with E-state index in [0.29, 0.717) is 0 Å². The Balaban J connectivity index is 1.88. The highest BCUT2D eigenvalue weighted by atomic mass is 15.3. The molecule has 6 heteroatoms. The van der Waals surface area contributed by atoms with Gasteiger partial charge in [0.15, 0.2) is 0 Å². The van der Waals surface area contributed by atoms with Crippen molar-refractivity contribution in [2.24, 2.45) is 5.73 Å². The zero-order valence-electron chi connectivity index (χ0n) is 10.6. The second-order valence-electron chi connectivity index (χ2n) is 4.68. The highest BCUT2D eigenvalue weighted by Gasteiger charge is 2.19. The molecule has 2 N–H and O–H groups in total. The molecule has 0 bridgehead atoms. The lowest BCUT2D eigenvalue weighted by Crippen LogP contribution is -2.43. The van der Waals surface area contributed by atoms with E-state index in [-0.39, 0.29) is 6.04 Å². The first-order valence-electron chi connectivity index (χ1n) is 6.43. The summed E-state index contributed by atoms with van der Waals surface area (Å²) < 4.78 is 0. The predicted molar refractivity (Wildman–Crippen MR) is 72.5 cm³/mol. The van der Waals surface area contributed by atoms with Crippen molar-refractivity contribution in [3.63, 3.8) is 0 Å². The predicted octanol–water partition coefficient (Wildman–Crippen LogP) is 0.861. The lowest BCUT2D eigenvalue weighted by Gasteiger charge is -2.30. The molecule has 0 aliphatic carbocycles. The van der Waals surface area contributed by atoms with Crippen LogP contribution in [-0.2, 0) is 0 Å². The maximum atomic E-state index is 5.99. The van der Waals surface area contributed by atoms with Gasteiger partial charge in [0.05, 0.1) is 11.9 Å². The van der Waals surface area contributed by atoms with Gasteiger partial charge in [-0.05, 0) is 18.9 Å². The molecule has 1 saturated heterocycles. The molecule has 0 spiro atoms. The zero-order valence-corrected chi connectivity index (χ0v) is 10.6. The van der Waals surface area contributed by atoms with Gasteiger partial charge in [0.25, 0.3) is 0 Å². The van der Waals surface area contributed by atoms with Crippen LogP contribution in [0, 0.1) is 0 Å². The normalized spacial score (nSPS) is 19.4. The molecule has 2 aromatic rings. The fraction of sp³-hybridized carbons (Fsp3) is 0.385. The topological polar surface area (TPSA) is 80.8 Å². The van der Waals surface area contributed by atoms with Gasteiger partial charge in [-0.3, -0.25) is 9.97 Å². The molecule has 2 aromatic heterocycles. The van der Waals surface area contributed by atoms with Gasteiger partial charge >= 0.3 is 0 Å². The standard InChI is InChI=1S/C13H16N6/c14-10-2-1-7-19(9-10)13-17-4-3-11(18-13)12-8-15-5-6-16-12/h3-6,8,10H,1-2,7,9,14H2. The first-order valence-corrected chi connectivity index (χ1v) is 6.43. The van der Waals surface area contributed by atoms with E-state index in [4.69, 9.17) is 5.73 Å². The summed E-state index contributed by atoms with van der Waals surface area (Å²) in [4.78, 5) is 19.3. The number of anilines is 1. The van der Waals surface area contributed by atoms with Gasteiger partial charge in [-0.15, -0.1) is 0 Å². The molecule has 98 valence electrons. The third-order valence-electron chi connectivity index (χ3n) is 3.21. The van der Waals surface area contributed by atoms with Gasteiger partial charge in [0, 0.05) is 37.7 Å². The molecule has 0 saturated carbocycles. The van der Waals surface area contributed by atoms with Crippen molar-refractivity contribution in [2.45, 2.75) is 18.9 Å². The van der Waals surface area contributed by atoms with Crippen LogP contribution in [0.4, 0.5) is 5.95 Å². The summed E-state index contributed by atoms with van der Waals surface area (Å²) in [6.45, 7) is 1.77. The van der Waals surface area contributed by atoms with E-state index < -0.39 is 0 Å². The summed E-state index contributed by atoms with van der Waals surface area (Å²) in [7, 11) is 0. The molecule has 0 aromatic carbocycles. The summed E-state index contributed by atoms with van der Waals surface area (Å²) in [5, 5.41) is 0. The highest BCUT2D eigenvalue weighted by molar-refractivity contribution is 5.54. The van der Waals surface area contributed by atoms with E-state index in [9.17, 15) is 0 Å². The van der Waals surface area contributed by atoms with Crippen LogP contribution < -0.4 is 10.6 Å². The molecule has 6 nitrogen and oxygen atoms in total. The monoisotopic (exact) mass is 256 g/mol. The van der Waals surface area contributed by atoms with Crippen LogP contribution in [0.2, 0.25) is 0 Å². The van der Waals surface area contributed by atoms with Crippen molar-refractivity contribution >= 4 is 5.95 Å². The number of rotatable bonds is 2. The van der Waals surface area contributed by atoms with E-state index in [2.05, 4.69) is 24.8 Å². The average Bonchev–Trinajstić information content (AvgIpc) is 2.48. The van der Waals surface area contributed by atoms with Gasteiger partial charge in [-0.25, -0.2) is 9.97 Å². The van der Waals surface area contributed by atoms with Crippen LogP contribution in [0.1, 0.15) is 12.8 Å². The Morgan fingerprint density at radius 2 is 2.11 bits per heavy atom. The van der Waals surface area contributed by atoms with Crippen molar-refractivity contribution in [1.29, 1.82) is 0 Å². The van der Waals surface area contributed by atoms with Crippen LogP contribution >= 0.6 is 0 Å². The van der Waals surface area contributed by atoms with Gasteiger partial charge in [0.1, 0.15) is 5.69 Å². The van der Waals surface area contributed by atoms with Crippen LogP contribution in [0.25, 0.3) is 11.4 Å². The molecule has 1 fully saturated rings.